The molecule has 24 heavy (non-hydrogen) atoms. The lowest BCUT2D eigenvalue weighted by molar-refractivity contribution is -0.134. The molecule has 4 rings (SSSR count). The molecule has 1 N–H and O–H groups in total. The highest BCUT2D eigenvalue weighted by Crippen LogP contribution is 2.35. The summed E-state index contributed by atoms with van der Waals surface area (Å²) in [5.74, 6) is -0.219. The second-order valence-electron chi connectivity index (χ2n) is 6.41. The maximum Gasteiger partial charge on any atom is 0.327 e. The second kappa shape index (κ2) is 5.07. The zero-order chi connectivity index (χ0) is 17.1. The maximum absolute atomic E-state index is 12.7. The number of piperidine rings is 1. The Labute approximate surface area is 142 Å². The molecule has 0 bridgehead atoms. The van der Waals surface area contributed by atoms with Gasteiger partial charge in [0.05, 0.1) is 10.2 Å². The molecular weight excluding hydrogens is 328 g/mol. The third-order valence-electron chi connectivity index (χ3n) is 5.27. The minimum absolute atomic E-state index is 0.0546. The van der Waals surface area contributed by atoms with Crippen LogP contribution in [0.4, 0.5) is 4.79 Å². The predicted molar refractivity (Wildman–Crippen MR) is 90.0 cm³/mol. The molecule has 2 aromatic heterocycles. The Bertz CT molecular complexity index is 818. The van der Waals surface area contributed by atoms with Crippen LogP contribution in [0.2, 0.25) is 0 Å². The number of carbonyl (C=O) groups excluding carboxylic acids is 3. The van der Waals surface area contributed by atoms with E-state index in [2.05, 4.69) is 4.98 Å². The summed E-state index contributed by atoms with van der Waals surface area (Å²) in [5, 5.41) is 1.98. The van der Waals surface area contributed by atoms with Crippen molar-refractivity contribution in [1.82, 2.24) is 19.7 Å². The summed E-state index contributed by atoms with van der Waals surface area (Å²) in [7, 11) is 3.18. The van der Waals surface area contributed by atoms with Gasteiger partial charge >= 0.3 is 6.03 Å². The number of fused-ring (bicyclic) bond motifs is 1. The fraction of sp³-hybridized carbons (Fsp3) is 0.438. The summed E-state index contributed by atoms with van der Waals surface area (Å²) < 4.78 is 1.06. The van der Waals surface area contributed by atoms with Crippen molar-refractivity contribution in [3.05, 3.63) is 23.2 Å². The van der Waals surface area contributed by atoms with Crippen molar-refractivity contribution in [1.29, 1.82) is 0 Å². The lowest BCUT2D eigenvalue weighted by atomic mass is 9.86. The highest BCUT2D eigenvalue weighted by atomic mass is 32.1. The van der Waals surface area contributed by atoms with Crippen molar-refractivity contribution in [2.75, 3.05) is 27.2 Å². The summed E-state index contributed by atoms with van der Waals surface area (Å²) in [6.07, 6.45) is 0.943. The highest BCUT2D eigenvalue weighted by molar-refractivity contribution is 7.17. The molecule has 2 saturated heterocycles. The minimum Gasteiger partial charge on any atom is -0.350 e. The largest absolute Gasteiger partial charge is 0.350 e. The van der Waals surface area contributed by atoms with Crippen LogP contribution in [0.15, 0.2) is 17.5 Å². The number of likely N-dealkylation sites (N-methyl/N-ethyl adjacent to an activating group) is 2. The molecule has 2 aliphatic rings. The molecular formula is C16H18N4O3S. The van der Waals surface area contributed by atoms with Gasteiger partial charge in [-0.25, -0.2) is 4.79 Å². The molecule has 0 atom stereocenters. The van der Waals surface area contributed by atoms with Gasteiger partial charge in [0.25, 0.3) is 11.8 Å². The molecule has 126 valence electrons. The van der Waals surface area contributed by atoms with E-state index in [1.165, 1.54) is 16.8 Å². The number of imide groups is 1. The first kappa shape index (κ1) is 15.2. The number of nitrogens with zero attached hydrogens (tertiary/aromatic N) is 3. The summed E-state index contributed by atoms with van der Waals surface area (Å²) in [6.45, 7) is 0.922. The Morgan fingerprint density at radius 3 is 2.54 bits per heavy atom. The number of aromatic nitrogens is 1. The van der Waals surface area contributed by atoms with Crippen LogP contribution in [-0.2, 0) is 4.79 Å². The molecule has 0 aromatic carbocycles. The van der Waals surface area contributed by atoms with Crippen molar-refractivity contribution >= 4 is 39.4 Å². The van der Waals surface area contributed by atoms with Gasteiger partial charge in [-0.15, -0.1) is 11.3 Å². The van der Waals surface area contributed by atoms with Crippen LogP contribution in [0.5, 0.6) is 0 Å². The predicted octanol–water partition coefficient (Wildman–Crippen LogP) is 1.73. The smallest absolute Gasteiger partial charge is 0.327 e. The van der Waals surface area contributed by atoms with Gasteiger partial charge < -0.3 is 14.8 Å². The Morgan fingerprint density at radius 1 is 1.25 bits per heavy atom. The number of hydrogen-bond donors (Lipinski definition) is 1. The van der Waals surface area contributed by atoms with E-state index in [0.717, 1.165) is 10.2 Å². The average molecular weight is 346 g/mol. The average Bonchev–Trinajstić information content (AvgIpc) is 3.23. The lowest BCUT2D eigenvalue weighted by Gasteiger charge is -2.40. The van der Waals surface area contributed by atoms with Crippen molar-refractivity contribution < 1.29 is 14.4 Å². The van der Waals surface area contributed by atoms with Crippen LogP contribution in [0.3, 0.4) is 0 Å². The summed E-state index contributed by atoms with van der Waals surface area (Å²) >= 11 is 1.59. The van der Waals surface area contributed by atoms with Gasteiger partial charge in [0.15, 0.2) is 0 Å². The zero-order valence-corrected chi connectivity index (χ0v) is 14.4. The highest BCUT2D eigenvalue weighted by Gasteiger charge is 2.55. The zero-order valence-electron chi connectivity index (χ0n) is 13.5. The van der Waals surface area contributed by atoms with E-state index in [1.807, 2.05) is 17.5 Å². The molecule has 2 fully saturated rings. The van der Waals surface area contributed by atoms with Gasteiger partial charge in [-0.3, -0.25) is 14.5 Å². The van der Waals surface area contributed by atoms with E-state index in [9.17, 15) is 14.4 Å². The summed E-state index contributed by atoms with van der Waals surface area (Å²) in [4.78, 5) is 44.8. The van der Waals surface area contributed by atoms with Crippen LogP contribution in [0.1, 0.15) is 23.3 Å². The van der Waals surface area contributed by atoms with Crippen LogP contribution in [0, 0.1) is 0 Å². The number of amides is 4. The van der Waals surface area contributed by atoms with Gasteiger partial charge in [-0.2, -0.15) is 0 Å². The molecule has 4 heterocycles. The molecule has 0 aliphatic carbocycles. The molecule has 7 nitrogen and oxygen atoms in total. The fourth-order valence-electron chi connectivity index (χ4n) is 3.71. The van der Waals surface area contributed by atoms with Crippen molar-refractivity contribution in [2.45, 2.75) is 18.4 Å². The Balaban J connectivity index is 1.52. The maximum atomic E-state index is 12.7. The quantitative estimate of drug-likeness (QED) is 0.799. The van der Waals surface area contributed by atoms with Crippen LogP contribution in [0.25, 0.3) is 10.2 Å². The molecule has 1 spiro atoms. The number of likely N-dealkylation sites (tertiary alicyclic amines) is 1. The van der Waals surface area contributed by atoms with Crippen LogP contribution in [-0.4, -0.2) is 70.3 Å². The number of H-pyrrole nitrogens is 1. The first-order valence-corrected chi connectivity index (χ1v) is 8.73. The number of nitrogens with one attached hydrogen (secondary N) is 1. The van der Waals surface area contributed by atoms with E-state index in [4.69, 9.17) is 0 Å². The summed E-state index contributed by atoms with van der Waals surface area (Å²) in [6, 6.07) is 3.55. The summed E-state index contributed by atoms with van der Waals surface area (Å²) in [5.41, 5.74) is 0.750. The SMILES string of the molecule is CN1C(=O)N(C)C2(CCN(C(=O)c3cc4sccc4[nH]3)CC2)C1=O. The third-order valence-corrected chi connectivity index (χ3v) is 6.13. The number of urea groups is 1. The third kappa shape index (κ3) is 1.92. The number of carbonyl (C=O) groups is 3. The van der Waals surface area contributed by atoms with E-state index < -0.39 is 5.54 Å². The Morgan fingerprint density at radius 2 is 1.96 bits per heavy atom. The molecule has 4 amide bonds. The van der Waals surface area contributed by atoms with Crippen molar-refractivity contribution in [3.63, 3.8) is 0 Å². The Hall–Kier alpha value is -2.35. The standard InChI is InChI=1S/C16H18N4O3S/c1-18-14(22)16(19(2)15(18)23)4-6-20(7-5-16)13(21)11-9-12-10(17-11)3-8-24-12/h3,8-9,17H,4-7H2,1-2H3. The van der Waals surface area contributed by atoms with Gasteiger partial charge in [0, 0.05) is 27.2 Å². The van der Waals surface area contributed by atoms with Gasteiger partial charge in [0.1, 0.15) is 11.2 Å². The number of aromatic amines is 1. The van der Waals surface area contributed by atoms with Crippen molar-refractivity contribution in [2.24, 2.45) is 0 Å². The molecule has 8 heteroatoms. The molecule has 2 aliphatic heterocycles. The van der Waals surface area contributed by atoms with E-state index in [0.29, 0.717) is 31.6 Å². The monoisotopic (exact) mass is 346 g/mol. The van der Waals surface area contributed by atoms with Crippen molar-refractivity contribution in [3.8, 4) is 0 Å². The molecule has 2 aromatic rings. The van der Waals surface area contributed by atoms with Gasteiger partial charge in [-0.05, 0) is 30.4 Å². The van der Waals surface area contributed by atoms with Crippen LogP contribution >= 0.6 is 11.3 Å². The first-order valence-electron chi connectivity index (χ1n) is 7.85. The van der Waals surface area contributed by atoms with E-state index >= 15 is 0 Å². The lowest BCUT2D eigenvalue weighted by Crippen LogP contribution is -2.56. The number of hydrogen-bond acceptors (Lipinski definition) is 4. The fourth-order valence-corrected chi connectivity index (χ4v) is 4.50. The van der Waals surface area contributed by atoms with Gasteiger partial charge in [-0.1, -0.05) is 0 Å². The molecule has 0 unspecified atom stereocenters. The molecule has 0 radical (unpaired) electrons. The van der Waals surface area contributed by atoms with E-state index in [1.54, 1.807) is 23.3 Å². The molecule has 0 saturated carbocycles. The normalized spacial score (nSPS) is 20.7. The van der Waals surface area contributed by atoms with Crippen LogP contribution < -0.4 is 0 Å². The number of rotatable bonds is 1. The first-order chi connectivity index (χ1) is 11.4. The van der Waals surface area contributed by atoms with Gasteiger partial charge in [0.2, 0.25) is 0 Å². The Kier molecular flexibility index (Phi) is 3.21. The number of thiophene rings is 1. The second-order valence-corrected chi connectivity index (χ2v) is 7.36. The topological polar surface area (TPSA) is 76.7 Å². The van der Waals surface area contributed by atoms with E-state index in [-0.39, 0.29) is 17.8 Å². The minimum atomic E-state index is -0.793.